The third-order valence-corrected chi connectivity index (χ3v) is 8.80. The van der Waals surface area contributed by atoms with E-state index >= 15 is 0 Å². The third-order valence-electron chi connectivity index (χ3n) is 7.06. The van der Waals surface area contributed by atoms with E-state index < -0.39 is 21.7 Å². The molecular formula is C25H31ClN2O5S. The predicted molar refractivity (Wildman–Crippen MR) is 130 cm³/mol. The zero-order valence-corrected chi connectivity index (χ0v) is 20.8. The number of carbonyl (C=O) groups is 1. The molecule has 1 saturated heterocycles. The van der Waals surface area contributed by atoms with Crippen molar-refractivity contribution < 1.29 is 23.1 Å². The van der Waals surface area contributed by atoms with Gasteiger partial charge in [0.05, 0.1) is 17.6 Å². The van der Waals surface area contributed by atoms with Crippen molar-refractivity contribution >= 4 is 27.5 Å². The van der Waals surface area contributed by atoms with E-state index in [1.165, 1.54) is 19.2 Å². The lowest BCUT2D eigenvalue weighted by Crippen LogP contribution is -2.58. The Morgan fingerprint density at radius 2 is 1.88 bits per heavy atom. The maximum absolute atomic E-state index is 13.6. The van der Waals surface area contributed by atoms with Crippen LogP contribution in [0, 0.1) is 5.92 Å². The Kier molecular flexibility index (Phi) is 7.52. The maximum Gasteiger partial charge on any atom is 0.241 e. The Balaban J connectivity index is 1.57. The Morgan fingerprint density at radius 1 is 1.18 bits per heavy atom. The highest BCUT2D eigenvalue weighted by Gasteiger charge is 2.44. The molecule has 7 nitrogen and oxygen atoms in total. The van der Waals surface area contributed by atoms with Crippen molar-refractivity contribution in [2.75, 3.05) is 20.2 Å². The number of hydrogen-bond donors (Lipinski definition) is 2. The van der Waals surface area contributed by atoms with Gasteiger partial charge in [-0.3, -0.25) is 4.79 Å². The summed E-state index contributed by atoms with van der Waals surface area (Å²) >= 11 is 6.00. The van der Waals surface area contributed by atoms with Crippen LogP contribution in [0.4, 0.5) is 0 Å². The van der Waals surface area contributed by atoms with E-state index in [-0.39, 0.29) is 23.1 Å². The summed E-state index contributed by atoms with van der Waals surface area (Å²) in [6, 6.07) is 12.1. The molecule has 2 aromatic rings. The average Bonchev–Trinajstić information content (AvgIpc) is 2.84. The molecule has 3 atom stereocenters. The summed E-state index contributed by atoms with van der Waals surface area (Å²) < 4.78 is 34.1. The molecule has 2 aliphatic rings. The molecule has 1 aliphatic carbocycles. The Hall–Kier alpha value is -2.13. The number of methoxy groups -OCH3 is 1. The molecule has 1 heterocycles. The first kappa shape index (κ1) is 25.0. The van der Waals surface area contributed by atoms with Crippen LogP contribution in [-0.2, 0) is 21.2 Å². The number of nitrogens with one attached hydrogen (secondary N) is 1. The fraction of sp³-hybridized carbons (Fsp3) is 0.480. The minimum Gasteiger partial charge on any atom is -0.497 e. The van der Waals surface area contributed by atoms with Crippen molar-refractivity contribution in [3.63, 3.8) is 0 Å². The maximum atomic E-state index is 13.6. The van der Waals surface area contributed by atoms with Crippen LogP contribution in [0.15, 0.2) is 53.4 Å². The molecular weight excluding hydrogens is 476 g/mol. The van der Waals surface area contributed by atoms with Crippen LogP contribution < -0.4 is 9.46 Å². The lowest BCUT2D eigenvalue weighted by molar-refractivity contribution is -0.145. The molecule has 2 unspecified atom stereocenters. The number of amides is 1. The molecule has 2 fully saturated rings. The summed E-state index contributed by atoms with van der Waals surface area (Å²) in [6.45, 7) is 0.851. The minimum atomic E-state index is -3.96. The first-order valence-corrected chi connectivity index (χ1v) is 13.5. The number of likely N-dealkylation sites (tertiary alicyclic amines) is 1. The highest BCUT2D eigenvalue weighted by Crippen LogP contribution is 2.40. The molecule has 0 aromatic heterocycles. The number of benzene rings is 2. The SMILES string of the molecule is COc1ccc(S(=O)(=O)N[C@@H](Cc2ccc(Cl)cc2)C(=O)N2CCC3(O)CCCCC3C2)cc1. The molecule has 184 valence electrons. The molecule has 0 bridgehead atoms. The summed E-state index contributed by atoms with van der Waals surface area (Å²) in [7, 11) is -2.45. The molecule has 34 heavy (non-hydrogen) atoms. The number of aliphatic hydroxyl groups is 1. The van der Waals surface area contributed by atoms with Crippen LogP contribution in [0.3, 0.4) is 0 Å². The van der Waals surface area contributed by atoms with Gasteiger partial charge in [0.1, 0.15) is 11.8 Å². The lowest BCUT2D eigenvalue weighted by Gasteiger charge is -2.48. The minimum absolute atomic E-state index is 0.0216. The number of halogens is 1. The van der Waals surface area contributed by atoms with Crippen molar-refractivity contribution in [1.29, 1.82) is 0 Å². The normalized spacial score (nSPS) is 23.7. The Bertz CT molecular complexity index is 1110. The highest BCUT2D eigenvalue weighted by molar-refractivity contribution is 7.89. The summed E-state index contributed by atoms with van der Waals surface area (Å²) in [5, 5.41) is 11.6. The lowest BCUT2D eigenvalue weighted by atomic mass is 9.71. The van der Waals surface area contributed by atoms with Gasteiger partial charge in [0.2, 0.25) is 15.9 Å². The molecule has 2 aromatic carbocycles. The van der Waals surface area contributed by atoms with Gasteiger partial charge in [0.25, 0.3) is 0 Å². The number of ether oxygens (including phenoxy) is 1. The topological polar surface area (TPSA) is 95.9 Å². The Morgan fingerprint density at radius 3 is 2.56 bits per heavy atom. The highest BCUT2D eigenvalue weighted by atomic mass is 35.5. The molecule has 4 rings (SSSR count). The van der Waals surface area contributed by atoms with Crippen LogP contribution >= 0.6 is 11.6 Å². The van der Waals surface area contributed by atoms with Gasteiger partial charge in [-0.15, -0.1) is 0 Å². The number of hydrogen-bond acceptors (Lipinski definition) is 5. The zero-order chi connectivity index (χ0) is 24.3. The summed E-state index contributed by atoms with van der Waals surface area (Å²) in [6.07, 6.45) is 4.38. The van der Waals surface area contributed by atoms with Crippen molar-refractivity contribution in [1.82, 2.24) is 9.62 Å². The monoisotopic (exact) mass is 506 g/mol. The van der Waals surface area contributed by atoms with Gasteiger partial charge < -0.3 is 14.7 Å². The van der Waals surface area contributed by atoms with Crippen LogP contribution in [0.5, 0.6) is 5.75 Å². The number of nitrogens with zero attached hydrogens (tertiary/aromatic N) is 1. The summed E-state index contributed by atoms with van der Waals surface area (Å²) in [4.78, 5) is 15.4. The van der Waals surface area contributed by atoms with E-state index in [4.69, 9.17) is 16.3 Å². The van der Waals surface area contributed by atoms with Crippen molar-refractivity contribution in [3.8, 4) is 5.75 Å². The third kappa shape index (κ3) is 5.57. The molecule has 1 aliphatic heterocycles. The number of piperidine rings is 1. The molecule has 1 amide bonds. The molecule has 0 radical (unpaired) electrons. The average molecular weight is 507 g/mol. The van der Waals surface area contributed by atoms with Crippen LogP contribution in [0.25, 0.3) is 0 Å². The number of fused-ring (bicyclic) bond motifs is 1. The van der Waals surface area contributed by atoms with Crippen LogP contribution in [0.2, 0.25) is 5.02 Å². The van der Waals surface area contributed by atoms with Gasteiger partial charge in [0.15, 0.2) is 0 Å². The van der Waals surface area contributed by atoms with E-state index in [0.29, 0.717) is 30.3 Å². The first-order valence-electron chi connectivity index (χ1n) is 11.6. The van der Waals surface area contributed by atoms with Gasteiger partial charge in [-0.25, -0.2) is 8.42 Å². The van der Waals surface area contributed by atoms with Gasteiger partial charge in [0, 0.05) is 24.0 Å². The summed E-state index contributed by atoms with van der Waals surface area (Å²) in [5.74, 6) is 0.286. The van der Waals surface area contributed by atoms with E-state index in [9.17, 15) is 18.3 Å². The second kappa shape index (κ2) is 10.2. The number of sulfonamides is 1. The fourth-order valence-corrected chi connectivity index (χ4v) is 6.35. The van der Waals surface area contributed by atoms with E-state index in [1.54, 1.807) is 41.3 Å². The molecule has 1 saturated carbocycles. The van der Waals surface area contributed by atoms with Crippen LogP contribution in [0.1, 0.15) is 37.7 Å². The zero-order valence-electron chi connectivity index (χ0n) is 19.2. The second-order valence-electron chi connectivity index (χ2n) is 9.26. The second-order valence-corrected chi connectivity index (χ2v) is 11.4. The van der Waals surface area contributed by atoms with E-state index in [2.05, 4.69) is 4.72 Å². The van der Waals surface area contributed by atoms with Gasteiger partial charge >= 0.3 is 0 Å². The van der Waals surface area contributed by atoms with Crippen LogP contribution in [-0.4, -0.2) is 56.2 Å². The smallest absolute Gasteiger partial charge is 0.241 e. The van der Waals surface area contributed by atoms with E-state index in [0.717, 1.165) is 31.2 Å². The molecule has 9 heteroatoms. The number of carbonyl (C=O) groups excluding carboxylic acids is 1. The quantitative estimate of drug-likeness (QED) is 0.600. The van der Waals surface area contributed by atoms with E-state index in [1.807, 2.05) is 0 Å². The van der Waals surface area contributed by atoms with Crippen molar-refractivity contribution in [3.05, 3.63) is 59.1 Å². The molecule has 2 N–H and O–H groups in total. The van der Waals surface area contributed by atoms with Gasteiger partial charge in [-0.1, -0.05) is 36.6 Å². The fourth-order valence-electron chi connectivity index (χ4n) is 5.04. The summed E-state index contributed by atoms with van der Waals surface area (Å²) in [5.41, 5.74) is 0.0786. The van der Waals surface area contributed by atoms with Crippen molar-refractivity contribution in [2.45, 2.75) is 55.1 Å². The van der Waals surface area contributed by atoms with Crippen molar-refractivity contribution in [2.24, 2.45) is 5.92 Å². The Labute approximate surface area is 206 Å². The van der Waals surface area contributed by atoms with Gasteiger partial charge in [-0.2, -0.15) is 4.72 Å². The first-order chi connectivity index (χ1) is 16.2. The predicted octanol–water partition coefficient (Wildman–Crippen LogP) is 3.39. The standard InChI is InChI=1S/C25H31ClN2O5S/c1-33-21-9-11-22(12-10-21)34(31,32)27-23(16-18-5-7-20(26)8-6-18)24(29)28-15-14-25(30)13-3-2-4-19(25)17-28/h5-12,19,23,27,30H,2-4,13-17H2,1H3/t19?,23-,25?/m0/s1. The molecule has 0 spiro atoms. The van der Waals surface area contributed by atoms with Gasteiger partial charge in [-0.05, 0) is 67.6 Å². The number of rotatable bonds is 7. The largest absolute Gasteiger partial charge is 0.497 e.